The van der Waals surface area contributed by atoms with Crippen molar-refractivity contribution in [2.75, 3.05) is 7.05 Å². The van der Waals surface area contributed by atoms with E-state index < -0.39 is 0 Å². The number of nitrogens with zero attached hydrogens (tertiary/aromatic N) is 1. The molecule has 0 radical (unpaired) electrons. The molecule has 0 rings (SSSR count). The molecule has 0 aliphatic carbocycles. The monoisotopic (exact) mass is 423 g/mol. The van der Waals surface area contributed by atoms with Gasteiger partial charge < -0.3 is 0 Å². The zero-order valence-corrected chi connectivity index (χ0v) is 20.8. The van der Waals surface area contributed by atoms with Crippen molar-refractivity contribution in [3.63, 3.8) is 0 Å². The van der Waals surface area contributed by atoms with Crippen LogP contribution in [0.4, 0.5) is 0 Å². The fourth-order valence-corrected chi connectivity index (χ4v) is 4.00. The molecule has 0 atom stereocenters. The van der Waals surface area contributed by atoms with E-state index >= 15 is 0 Å². The molecule has 2 amide bonds. The fraction of sp³-hybridized carbons (Fsp3) is 0.926. The Morgan fingerprint density at radius 1 is 0.433 bits per heavy atom. The predicted octanol–water partition coefficient (Wildman–Crippen LogP) is 8.59. The van der Waals surface area contributed by atoms with Crippen LogP contribution in [0.3, 0.4) is 0 Å². The number of carbonyl (C=O) groups excluding carboxylic acids is 2. The van der Waals surface area contributed by atoms with Crippen LogP contribution in [0.2, 0.25) is 0 Å². The Balaban J connectivity index is 3.50. The average molecular weight is 424 g/mol. The molecule has 0 fully saturated rings. The standard InChI is InChI=1S/C27H53NO2/c1-4-6-8-10-12-14-16-18-20-22-24-26(29)28(3)27(30)25-23-21-19-17-15-13-11-9-7-5-2/h4-25H2,1-3H3. The van der Waals surface area contributed by atoms with Gasteiger partial charge in [-0.2, -0.15) is 0 Å². The molecule has 3 nitrogen and oxygen atoms in total. The van der Waals surface area contributed by atoms with E-state index in [1.165, 1.54) is 108 Å². The van der Waals surface area contributed by atoms with E-state index in [0.717, 1.165) is 25.7 Å². The normalized spacial score (nSPS) is 11.0. The van der Waals surface area contributed by atoms with Crippen LogP contribution in [0.15, 0.2) is 0 Å². The van der Waals surface area contributed by atoms with Crippen molar-refractivity contribution < 1.29 is 9.59 Å². The molecule has 0 saturated carbocycles. The average Bonchev–Trinajstić information content (AvgIpc) is 2.75. The predicted molar refractivity (Wildman–Crippen MR) is 131 cm³/mol. The summed E-state index contributed by atoms with van der Waals surface area (Å²) in [5.74, 6) is 0.0123. The van der Waals surface area contributed by atoms with Crippen molar-refractivity contribution in [3.05, 3.63) is 0 Å². The van der Waals surface area contributed by atoms with Gasteiger partial charge in [-0.1, -0.05) is 129 Å². The number of hydrogen-bond acceptors (Lipinski definition) is 2. The van der Waals surface area contributed by atoms with Gasteiger partial charge in [-0.25, -0.2) is 0 Å². The van der Waals surface area contributed by atoms with Gasteiger partial charge in [-0.3, -0.25) is 14.5 Å². The van der Waals surface area contributed by atoms with Gasteiger partial charge in [0.1, 0.15) is 0 Å². The van der Waals surface area contributed by atoms with Crippen LogP contribution in [-0.4, -0.2) is 23.8 Å². The maximum Gasteiger partial charge on any atom is 0.228 e. The summed E-state index contributed by atoms with van der Waals surface area (Å²) in [7, 11) is 1.66. The van der Waals surface area contributed by atoms with E-state index in [1.54, 1.807) is 7.05 Å². The summed E-state index contributed by atoms with van der Waals surface area (Å²) >= 11 is 0. The Morgan fingerprint density at radius 2 is 0.667 bits per heavy atom. The third-order valence-electron chi connectivity index (χ3n) is 6.24. The van der Waals surface area contributed by atoms with Gasteiger partial charge in [0.2, 0.25) is 11.8 Å². The quantitative estimate of drug-likeness (QED) is 0.163. The van der Waals surface area contributed by atoms with Crippen molar-refractivity contribution in [2.24, 2.45) is 0 Å². The highest BCUT2D eigenvalue weighted by atomic mass is 16.2. The second kappa shape index (κ2) is 22.8. The van der Waals surface area contributed by atoms with Crippen LogP contribution in [-0.2, 0) is 9.59 Å². The Hall–Kier alpha value is -0.860. The van der Waals surface area contributed by atoms with Crippen LogP contribution in [0.5, 0.6) is 0 Å². The van der Waals surface area contributed by atoms with Gasteiger partial charge in [-0.15, -0.1) is 0 Å². The summed E-state index contributed by atoms with van der Waals surface area (Å²) < 4.78 is 0. The van der Waals surface area contributed by atoms with E-state index in [0.29, 0.717) is 12.8 Å². The Kier molecular flexibility index (Phi) is 22.2. The number of amides is 2. The number of carbonyl (C=O) groups is 2. The smallest absolute Gasteiger partial charge is 0.228 e. The maximum atomic E-state index is 12.2. The molecule has 0 saturated heterocycles. The molecule has 0 bridgehead atoms. The van der Waals surface area contributed by atoms with E-state index in [2.05, 4.69) is 13.8 Å². The molecule has 0 N–H and O–H groups in total. The molecular weight excluding hydrogens is 370 g/mol. The Bertz CT molecular complexity index is 358. The number of unbranched alkanes of at least 4 members (excludes halogenated alkanes) is 18. The second-order valence-corrected chi connectivity index (χ2v) is 9.21. The van der Waals surface area contributed by atoms with Crippen LogP contribution in [0.25, 0.3) is 0 Å². The molecule has 0 spiro atoms. The minimum Gasteiger partial charge on any atom is -0.286 e. The summed E-state index contributed by atoms with van der Waals surface area (Å²) in [4.78, 5) is 25.8. The second-order valence-electron chi connectivity index (χ2n) is 9.21. The lowest BCUT2D eigenvalue weighted by atomic mass is 10.1. The summed E-state index contributed by atoms with van der Waals surface area (Å²) in [6, 6.07) is 0. The number of rotatable bonds is 22. The molecule has 0 aromatic carbocycles. The first-order valence-corrected chi connectivity index (χ1v) is 13.4. The molecule has 0 aromatic rings. The van der Waals surface area contributed by atoms with Gasteiger partial charge >= 0.3 is 0 Å². The Morgan fingerprint density at radius 3 is 0.933 bits per heavy atom. The van der Waals surface area contributed by atoms with Crippen LogP contribution < -0.4 is 0 Å². The topological polar surface area (TPSA) is 37.4 Å². The summed E-state index contributed by atoms with van der Waals surface area (Å²) in [5, 5.41) is 0. The van der Waals surface area contributed by atoms with Crippen LogP contribution >= 0.6 is 0 Å². The van der Waals surface area contributed by atoms with Crippen molar-refractivity contribution in [1.29, 1.82) is 0 Å². The van der Waals surface area contributed by atoms with Crippen molar-refractivity contribution in [1.82, 2.24) is 4.90 Å². The van der Waals surface area contributed by atoms with Gasteiger partial charge in [-0.05, 0) is 12.8 Å². The molecule has 0 aromatic heterocycles. The van der Waals surface area contributed by atoms with E-state index in [4.69, 9.17) is 0 Å². The highest BCUT2D eigenvalue weighted by Crippen LogP contribution is 2.13. The van der Waals surface area contributed by atoms with Crippen molar-refractivity contribution in [3.8, 4) is 0 Å². The minimum atomic E-state index is 0.00615. The largest absolute Gasteiger partial charge is 0.286 e. The Labute approximate surface area is 188 Å². The summed E-state index contributed by atoms with van der Waals surface area (Å²) in [5.41, 5.74) is 0. The molecule has 0 aliphatic heterocycles. The van der Waals surface area contributed by atoms with Gasteiger partial charge in [0.25, 0.3) is 0 Å². The van der Waals surface area contributed by atoms with Crippen LogP contribution in [0.1, 0.15) is 155 Å². The van der Waals surface area contributed by atoms with E-state index in [1.807, 2.05) is 0 Å². The molecule has 0 aliphatic rings. The van der Waals surface area contributed by atoms with Crippen molar-refractivity contribution >= 4 is 11.8 Å². The third-order valence-corrected chi connectivity index (χ3v) is 6.24. The first-order chi connectivity index (χ1) is 14.6. The lowest BCUT2D eigenvalue weighted by molar-refractivity contribution is -0.143. The molecular formula is C27H53NO2. The van der Waals surface area contributed by atoms with E-state index in [9.17, 15) is 9.59 Å². The molecule has 30 heavy (non-hydrogen) atoms. The van der Waals surface area contributed by atoms with Gasteiger partial charge in [0.15, 0.2) is 0 Å². The zero-order chi connectivity index (χ0) is 22.3. The number of imide groups is 1. The van der Waals surface area contributed by atoms with E-state index in [-0.39, 0.29) is 11.8 Å². The lowest BCUT2D eigenvalue weighted by Gasteiger charge is -2.15. The molecule has 0 unspecified atom stereocenters. The van der Waals surface area contributed by atoms with Gasteiger partial charge in [0.05, 0.1) is 0 Å². The lowest BCUT2D eigenvalue weighted by Crippen LogP contribution is -2.32. The molecule has 3 heteroatoms. The first kappa shape index (κ1) is 29.1. The highest BCUT2D eigenvalue weighted by molar-refractivity contribution is 5.94. The third kappa shape index (κ3) is 19.1. The van der Waals surface area contributed by atoms with Crippen molar-refractivity contribution in [2.45, 2.75) is 155 Å². The zero-order valence-electron chi connectivity index (χ0n) is 20.8. The molecule has 0 heterocycles. The SMILES string of the molecule is CCCCCCCCCCCCC(=O)N(C)C(=O)CCCCCCCCCCCC. The number of hydrogen-bond donors (Lipinski definition) is 0. The fourth-order valence-electron chi connectivity index (χ4n) is 4.00. The van der Waals surface area contributed by atoms with Crippen LogP contribution in [0, 0.1) is 0 Å². The maximum absolute atomic E-state index is 12.2. The minimum absolute atomic E-state index is 0.00615. The van der Waals surface area contributed by atoms with Gasteiger partial charge in [0, 0.05) is 19.9 Å². The summed E-state index contributed by atoms with van der Waals surface area (Å²) in [6.07, 6.45) is 26.4. The summed E-state index contributed by atoms with van der Waals surface area (Å²) in [6.45, 7) is 4.51. The molecule has 178 valence electrons. The highest BCUT2D eigenvalue weighted by Gasteiger charge is 2.15. The first-order valence-electron chi connectivity index (χ1n) is 13.4.